The van der Waals surface area contributed by atoms with E-state index in [1.807, 2.05) is 37.3 Å². The van der Waals surface area contributed by atoms with Gasteiger partial charge in [0.25, 0.3) is 0 Å². The van der Waals surface area contributed by atoms with Gasteiger partial charge in [-0.25, -0.2) is 0 Å². The maximum Gasteiger partial charge on any atom is 0.221 e. The lowest BCUT2D eigenvalue weighted by Gasteiger charge is -2.16. The van der Waals surface area contributed by atoms with Crippen LogP contribution in [0.4, 0.5) is 5.69 Å². The van der Waals surface area contributed by atoms with E-state index < -0.39 is 0 Å². The fourth-order valence-corrected chi connectivity index (χ4v) is 2.72. The van der Waals surface area contributed by atoms with Crippen LogP contribution < -0.4 is 20.7 Å². The fraction of sp³-hybridized carbons (Fsp3) is 0.364. The Balaban J connectivity index is 1.93. The van der Waals surface area contributed by atoms with Crippen molar-refractivity contribution in [2.75, 3.05) is 32.7 Å². The molecule has 7 heteroatoms. The van der Waals surface area contributed by atoms with Crippen molar-refractivity contribution < 1.29 is 14.3 Å². The van der Waals surface area contributed by atoms with E-state index >= 15 is 0 Å². The number of carbonyl (C=O) groups is 1. The number of rotatable bonds is 9. The Labute approximate surface area is 172 Å². The number of aliphatic imine (C=N–C) groups is 1. The molecular formula is C22H30N4O3. The van der Waals surface area contributed by atoms with E-state index in [1.54, 1.807) is 14.2 Å². The molecule has 0 bridgehead atoms. The molecule has 3 N–H and O–H groups in total. The number of carbonyl (C=O) groups excluding carboxylic acids is 1. The molecule has 7 nitrogen and oxygen atoms in total. The van der Waals surface area contributed by atoms with Gasteiger partial charge in [0.15, 0.2) is 5.96 Å². The van der Waals surface area contributed by atoms with Gasteiger partial charge < -0.3 is 25.4 Å². The molecule has 2 aromatic carbocycles. The SMILES string of the molecule is CN=C(NCc1cccc(NC(C)=O)c1)NCc1ccc(C)cc1OCCOC. The molecule has 2 rings (SSSR count). The third-order valence-electron chi connectivity index (χ3n) is 4.14. The van der Waals surface area contributed by atoms with Crippen LogP contribution in [0.15, 0.2) is 47.5 Å². The molecule has 0 aliphatic carbocycles. The van der Waals surface area contributed by atoms with Crippen LogP contribution in [0, 0.1) is 6.92 Å². The number of methoxy groups -OCH3 is 1. The summed E-state index contributed by atoms with van der Waals surface area (Å²) in [6.45, 7) is 5.74. The van der Waals surface area contributed by atoms with E-state index in [4.69, 9.17) is 9.47 Å². The number of amides is 1. The topological polar surface area (TPSA) is 84.0 Å². The third-order valence-corrected chi connectivity index (χ3v) is 4.14. The number of nitrogens with zero attached hydrogens (tertiary/aromatic N) is 1. The van der Waals surface area contributed by atoms with Crippen molar-refractivity contribution in [3.63, 3.8) is 0 Å². The minimum absolute atomic E-state index is 0.0887. The van der Waals surface area contributed by atoms with Gasteiger partial charge in [0.2, 0.25) is 5.91 Å². The number of anilines is 1. The van der Waals surface area contributed by atoms with E-state index in [2.05, 4.69) is 33.1 Å². The minimum Gasteiger partial charge on any atom is -0.491 e. The molecule has 2 aromatic rings. The molecule has 1 amide bonds. The van der Waals surface area contributed by atoms with Crippen molar-refractivity contribution in [2.24, 2.45) is 4.99 Å². The number of nitrogens with one attached hydrogen (secondary N) is 3. The zero-order chi connectivity index (χ0) is 21.1. The predicted molar refractivity (Wildman–Crippen MR) is 116 cm³/mol. The van der Waals surface area contributed by atoms with E-state index in [1.165, 1.54) is 6.92 Å². The van der Waals surface area contributed by atoms with Gasteiger partial charge in [-0.2, -0.15) is 0 Å². The first-order valence-electron chi connectivity index (χ1n) is 9.54. The monoisotopic (exact) mass is 398 g/mol. The summed E-state index contributed by atoms with van der Waals surface area (Å²) in [5.41, 5.74) is 4.00. The summed E-state index contributed by atoms with van der Waals surface area (Å²) in [7, 11) is 3.39. The fourth-order valence-electron chi connectivity index (χ4n) is 2.72. The zero-order valence-electron chi connectivity index (χ0n) is 17.5. The highest BCUT2D eigenvalue weighted by Gasteiger charge is 2.06. The molecule has 29 heavy (non-hydrogen) atoms. The Morgan fingerprint density at radius 1 is 1.07 bits per heavy atom. The zero-order valence-corrected chi connectivity index (χ0v) is 17.5. The first-order valence-corrected chi connectivity index (χ1v) is 9.54. The number of benzene rings is 2. The first-order chi connectivity index (χ1) is 14.0. The smallest absolute Gasteiger partial charge is 0.221 e. The van der Waals surface area contributed by atoms with E-state index in [0.29, 0.717) is 32.3 Å². The van der Waals surface area contributed by atoms with Crippen molar-refractivity contribution in [3.05, 3.63) is 59.2 Å². The molecule has 0 aromatic heterocycles. The Kier molecular flexibility index (Phi) is 8.98. The molecular weight excluding hydrogens is 368 g/mol. The number of hydrogen-bond acceptors (Lipinski definition) is 4. The van der Waals surface area contributed by atoms with Crippen molar-refractivity contribution >= 4 is 17.6 Å². The summed E-state index contributed by atoms with van der Waals surface area (Å²) in [5, 5.41) is 9.39. The van der Waals surface area contributed by atoms with Crippen molar-refractivity contribution in [3.8, 4) is 5.75 Å². The standard InChI is InChI=1S/C22H30N4O3/c1-16-8-9-19(21(12-16)29-11-10-28-4)15-25-22(23-3)24-14-18-6-5-7-20(13-18)26-17(2)27/h5-9,12-13H,10-11,14-15H2,1-4H3,(H,26,27)(H2,23,24,25). The van der Waals surface area contributed by atoms with Crippen LogP contribution in [0.2, 0.25) is 0 Å². The molecule has 0 unspecified atom stereocenters. The van der Waals surface area contributed by atoms with Crippen LogP contribution in [0.3, 0.4) is 0 Å². The summed E-state index contributed by atoms with van der Waals surface area (Å²) < 4.78 is 10.9. The van der Waals surface area contributed by atoms with Gasteiger partial charge in [-0.05, 0) is 36.2 Å². The molecule has 156 valence electrons. The lowest BCUT2D eigenvalue weighted by atomic mass is 10.1. The van der Waals surface area contributed by atoms with Crippen LogP contribution >= 0.6 is 0 Å². The average Bonchev–Trinajstić information content (AvgIpc) is 2.69. The van der Waals surface area contributed by atoms with Gasteiger partial charge in [-0.15, -0.1) is 0 Å². The van der Waals surface area contributed by atoms with Crippen molar-refractivity contribution in [1.82, 2.24) is 10.6 Å². The third kappa shape index (κ3) is 7.83. The number of ether oxygens (including phenoxy) is 2. The van der Waals surface area contributed by atoms with E-state index in [9.17, 15) is 4.79 Å². The quantitative estimate of drug-likeness (QED) is 0.344. The second-order valence-corrected chi connectivity index (χ2v) is 6.61. The normalized spacial score (nSPS) is 11.1. The highest BCUT2D eigenvalue weighted by atomic mass is 16.5. The predicted octanol–water partition coefficient (Wildman–Crippen LogP) is 2.84. The second-order valence-electron chi connectivity index (χ2n) is 6.61. The van der Waals surface area contributed by atoms with Gasteiger partial charge in [0.1, 0.15) is 12.4 Å². The van der Waals surface area contributed by atoms with Gasteiger partial charge >= 0.3 is 0 Å². The largest absolute Gasteiger partial charge is 0.491 e. The second kappa shape index (κ2) is 11.7. The molecule has 0 saturated carbocycles. The summed E-state index contributed by atoms with van der Waals surface area (Å²) >= 11 is 0. The molecule has 0 radical (unpaired) electrons. The Morgan fingerprint density at radius 2 is 1.86 bits per heavy atom. The van der Waals surface area contributed by atoms with E-state index in [0.717, 1.165) is 28.1 Å². The van der Waals surface area contributed by atoms with Gasteiger partial charge in [-0.1, -0.05) is 24.3 Å². The molecule has 0 fully saturated rings. The lowest BCUT2D eigenvalue weighted by Crippen LogP contribution is -2.36. The summed E-state index contributed by atoms with van der Waals surface area (Å²) in [6, 6.07) is 13.8. The Bertz CT molecular complexity index is 837. The lowest BCUT2D eigenvalue weighted by molar-refractivity contribution is -0.114. The van der Waals surface area contributed by atoms with Gasteiger partial charge in [-0.3, -0.25) is 9.79 Å². The molecule has 0 heterocycles. The van der Waals surface area contributed by atoms with Crippen LogP contribution in [-0.4, -0.2) is 39.2 Å². The summed E-state index contributed by atoms with van der Waals surface area (Å²) in [5.74, 6) is 1.43. The molecule has 0 spiro atoms. The highest BCUT2D eigenvalue weighted by Crippen LogP contribution is 2.20. The summed E-state index contributed by atoms with van der Waals surface area (Å²) in [4.78, 5) is 15.5. The van der Waals surface area contributed by atoms with Crippen LogP contribution in [0.5, 0.6) is 5.75 Å². The number of guanidine groups is 1. The maximum atomic E-state index is 11.2. The van der Waals surface area contributed by atoms with Crippen LogP contribution in [0.1, 0.15) is 23.6 Å². The number of aryl methyl sites for hydroxylation is 1. The first kappa shape index (κ1) is 22.2. The van der Waals surface area contributed by atoms with Crippen molar-refractivity contribution in [2.45, 2.75) is 26.9 Å². The van der Waals surface area contributed by atoms with Crippen LogP contribution in [-0.2, 0) is 22.6 Å². The minimum atomic E-state index is -0.0887. The van der Waals surface area contributed by atoms with E-state index in [-0.39, 0.29) is 5.91 Å². The molecule has 0 atom stereocenters. The maximum absolute atomic E-state index is 11.2. The van der Waals surface area contributed by atoms with Gasteiger partial charge in [0.05, 0.1) is 6.61 Å². The Morgan fingerprint density at radius 3 is 2.59 bits per heavy atom. The molecule has 0 aliphatic heterocycles. The molecule has 0 saturated heterocycles. The molecule has 0 aliphatic rings. The van der Waals surface area contributed by atoms with Crippen molar-refractivity contribution in [1.29, 1.82) is 0 Å². The number of hydrogen-bond donors (Lipinski definition) is 3. The average molecular weight is 399 g/mol. The summed E-state index contributed by atoms with van der Waals surface area (Å²) in [6.07, 6.45) is 0. The van der Waals surface area contributed by atoms with Gasteiger partial charge in [0, 0.05) is 45.4 Å². The Hall–Kier alpha value is -3.06. The van der Waals surface area contributed by atoms with Crippen LogP contribution in [0.25, 0.3) is 0 Å². The highest BCUT2D eigenvalue weighted by molar-refractivity contribution is 5.88.